The number of rotatable bonds is 5. The van der Waals surface area contributed by atoms with Gasteiger partial charge in [-0.3, -0.25) is 4.79 Å². The molecule has 2 aromatic carbocycles. The fraction of sp³-hybridized carbons (Fsp3) is 0.200. The summed E-state index contributed by atoms with van der Waals surface area (Å²) in [6, 6.07) is 13.0. The molecule has 0 aliphatic heterocycles. The number of halogens is 2. The van der Waals surface area contributed by atoms with Crippen molar-refractivity contribution in [1.29, 1.82) is 0 Å². The summed E-state index contributed by atoms with van der Waals surface area (Å²) >= 11 is 13.4. The van der Waals surface area contributed by atoms with E-state index >= 15 is 0 Å². The number of methoxy groups -OCH3 is 1. The minimum absolute atomic E-state index is 0.0253. The summed E-state index contributed by atoms with van der Waals surface area (Å²) in [6.45, 7) is 0. The Morgan fingerprint density at radius 3 is 2.52 bits per heavy atom. The second-order valence-corrected chi connectivity index (χ2v) is 8.10. The van der Waals surface area contributed by atoms with Gasteiger partial charge in [-0.25, -0.2) is 4.98 Å². The van der Waals surface area contributed by atoms with Crippen molar-refractivity contribution in [3.05, 3.63) is 63.5 Å². The lowest BCUT2D eigenvalue weighted by atomic mass is 9.95. The third-order valence-electron chi connectivity index (χ3n) is 4.77. The molecule has 7 heteroatoms. The number of carbonyl (C=O) groups is 1. The molecular weight excluding hydrogens is 403 g/mol. The smallest absolute Gasteiger partial charge is 0.236 e. The van der Waals surface area contributed by atoms with Gasteiger partial charge >= 0.3 is 0 Å². The van der Waals surface area contributed by atoms with Gasteiger partial charge in [-0.05, 0) is 42.7 Å². The minimum atomic E-state index is -0.471. The normalized spacial score (nSPS) is 14.6. The molecule has 1 aliphatic rings. The van der Waals surface area contributed by atoms with E-state index in [1.54, 1.807) is 19.2 Å². The highest BCUT2D eigenvalue weighted by molar-refractivity contribution is 7.14. The van der Waals surface area contributed by atoms with Crippen LogP contribution in [-0.2, 0) is 10.2 Å². The van der Waals surface area contributed by atoms with Crippen LogP contribution in [0.5, 0.6) is 5.75 Å². The predicted octanol–water partition coefficient (Wildman–Crippen LogP) is 5.80. The maximum atomic E-state index is 12.9. The standard InChI is InChI=1S/C20H16Cl2N2O2S/c1-26-14-5-3-13(4-6-14)20(8-9-20)18(25)24-19-23-17(11-27-19)12-2-7-15(21)16(22)10-12/h2-7,10-11H,8-9H2,1H3,(H,23,24,25). The molecule has 0 atom stereocenters. The highest BCUT2D eigenvalue weighted by Gasteiger charge is 2.51. The Bertz CT molecular complexity index is 997. The highest BCUT2D eigenvalue weighted by Crippen LogP contribution is 2.49. The van der Waals surface area contributed by atoms with Crippen LogP contribution in [0.3, 0.4) is 0 Å². The van der Waals surface area contributed by atoms with Crippen molar-refractivity contribution in [2.24, 2.45) is 0 Å². The first kappa shape index (κ1) is 18.3. The lowest BCUT2D eigenvalue weighted by Gasteiger charge is -2.15. The predicted molar refractivity (Wildman–Crippen MR) is 110 cm³/mol. The summed E-state index contributed by atoms with van der Waals surface area (Å²) in [5, 5.41) is 6.40. The van der Waals surface area contributed by atoms with E-state index in [2.05, 4.69) is 10.3 Å². The fourth-order valence-corrected chi connectivity index (χ4v) is 4.03. The fourth-order valence-electron chi connectivity index (χ4n) is 3.02. The SMILES string of the molecule is COc1ccc(C2(C(=O)Nc3nc(-c4ccc(Cl)c(Cl)c4)cs3)CC2)cc1. The van der Waals surface area contributed by atoms with Gasteiger partial charge in [0.25, 0.3) is 0 Å². The highest BCUT2D eigenvalue weighted by atomic mass is 35.5. The Labute approximate surface area is 171 Å². The van der Waals surface area contributed by atoms with E-state index in [1.165, 1.54) is 11.3 Å². The number of hydrogen-bond acceptors (Lipinski definition) is 4. The maximum absolute atomic E-state index is 12.9. The number of ether oxygens (including phenoxy) is 1. The Hall–Kier alpha value is -2.08. The van der Waals surface area contributed by atoms with Gasteiger partial charge in [-0.15, -0.1) is 11.3 Å². The van der Waals surface area contributed by atoms with Crippen LogP contribution in [0.2, 0.25) is 10.0 Å². The molecule has 0 spiro atoms. The average Bonchev–Trinajstić information content (AvgIpc) is 3.37. The molecule has 1 saturated carbocycles. The number of amides is 1. The Kier molecular flexibility index (Phi) is 4.84. The van der Waals surface area contributed by atoms with Gasteiger partial charge in [0.15, 0.2) is 5.13 Å². The lowest BCUT2D eigenvalue weighted by Crippen LogP contribution is -2.27. The molecule has 4 nitrogen and oxygen atoms in total. The van der Waals surface area contributed by atoms with E-state index in [-0.39, 0.29) is 5.91 Å². The van der Waals surface area contributed by atoms with Crippen LogP contribution >= 0.6 is 34.5 Å². The summed E-state index contributed by atoms with van der Waals surface area (Å²) in [5.74, 6) is 0.754. The summed E-state index contributed by atoms with van der Waals surface area (Å²) in [7, 11) is 1.63. The van der Waals surface area contributed by atoms with E-state index < -0.39 is 5.41 Å². The number of thiazole rings is 1. The third-order valence-corrected chi connectivity index (χ3v) is 6.26. The van der Waals surface area contributed by atoms with Crippen molar-refractivity contribution in [3.63, 3.8) is 0 Å². The number of hydrogen-bond donors (Lipinski definition) is 1. The van der Waals surface area contributed by atoms with Crippen LogP contribution in [0, 0.1) is 0 Å². The summed E-state index contributed by atoms with van der Waals surface area (Å²) in [6.07, 6.45) is 1.66. The van der Waals surface area contributed by atoms with Gasteiger partial charge in [0, 0.05) is 10.9 Å². The van der Waals surface area contributed by atoms with E-state index in [1.807, 2.05) is 35.7 Å². The van der Waals surface area contributed by atoms with Crippen molar-refractivity contribution in [3.8, 4) is 17.0 Å². The van der Waals surface area contributed by atoms with Crippen molar-refractivity contribution in [2.45, 2.75) is 18.3 Å². The Morgan fingerprint density at radius 2 is 1.89 bits per heavy atom. The van der Waals surface area contributed by atoms with Crippen molar-refractivity contribution in [1.82, 2.24) is 4.98 Å². The molecule has 1 aromatic heterocycles. The zero-order valence-electron chi connectivity index (χ0n) is 14.5. The minimum Gasteiger partial charge on any atom is -0.497 e. The number of nitrogens with one attached hydrogen (secondary N) is 1. The van der Waals surface area contributed by atoms with E-state index in [0.29, 0.717) is 15.2 Å². The second kappa shape index (κ2) is 7.15. The zero-order valence-corrected chi connectivity index (χ0v) is 16.8. The van der Waals surface area contributed by atoms with Crippen molar-refractivity contribution >= 4 is 45.6 Å². The zero-order chi connectivity index (χ0) is 19.0. The first-order chi connectivity index (χ1) is 13.0. The molecule has 0 bridgehead atoms. The Balaban J connectivity index is 1.51. The van der Waals surface area contributed by atoms with E-state index in [0.717, 1.165) is 35.4 Å². The molecule has 27 heavy (non-hydrogen) atoms. The summed E-state index contributed by atoms with van der Waals surface area (Å²) in [5.41, 5.74) is 2.14. The molecule has 1 fully saturated rings. The van der Waals surface area contributed by atoms with Gasteiger partial charge in [-0.1, -0.05) is 41.4 Å². The molecule has 0 unspecified atom stereocenters. The van der Waals surface area contributed by atoms with Gasteiger partial charge in [0.2, 0.25) is 5.91 Å². The summed E-state index contributed by atoms with van der Waals surface area (Å²) < 4.78 is 5.19. The van der Waals surface area contributed by atoms with Crippen LogP contribution in [0.1, 0.15) is 18.4 Å². The van der Waals surface area contributed by atoms with E-state index in [9.17, 15) is 4.79 Å². The molecule has 3 aromatic rings. The number of carbonyl (C=O) groups excluding carboxylic acids is 1. The van der Waals surface area contributed by atoms with Gasteiger partial charge < -0.3 is 10.1 Å². The van der Waals surface area contributed by atoms with Gasteiger partial charge in [0.05, 0.1) is 28.3 Å². The second-order valence-electron chi connectivity index (χ2n) is 6.43. The molecule has 1 N–H and O–H groups in total. The number of nitrogens with zero attached hydrogens (tertiary/aromatic N) is 1. The van der Waals surface area contributed by atoms with Crippen molar-refractivity contribution in [2.75, 3.05) is 12.4 Å². The van der Waals surface area contributed by atoms with Crippen molar-refractivity contribution < 1.29 is 9.53 Å². The molecular formula is C20H16Cl2N2O2S. The molecule has 0 radical (unpaired) electrons. The molecule has 0 saturated heterocycles. The molecule has 1 amide bonds. The summed E-state index contributed by atoms with van der Waals surface area (Å²) in [4.78, 5) is 17.4. The third kappa shape index (κ3) is 3.55. The van der Waals surface area contributed by atoms with Crippen LogP contribution in [0.15, 0.2) is 47.8 Å². The molecule has 1 aliphatic carbocycles. The van der Waals surface area contributed by atoms with Crippen LogP contribution in [0.4, 0.5) is 5.13 Å². The maximum Gasteiger partial charge on any atom is 0.236 e. The average molecular weight is 419 g/mol. The van der Waals surface area contributed by atoms with Gasteiger partial charge in [0.1, 0.15) is 5.75 Å². The first-order valence-corrected chi connectivity index (χ1v) is 10.0. The lowest BCUT2D eigenvalue weighted by molar-refractivity contribution is -0.118. The molecule has 138 valence electrons. The van der Waals surface area contributed by atoms with Crippen LogP contribution in [0.25, 0.3) is 11.3 Å². The number of aromatic nitrogens is 1. The number of anilines is 1. The quantitative estimate of drug-likeness (QED) is 0.569. The van der Waals surface area contributed by atoms with Gasteiger partial charge in [-0.2, -0.15) is 0 Å². The first-order valence-electron chi connectivity index (χ1n) is 8.39. The Morgan fingerprint density at radius 1 is 1.15 bits per heavy atom. The van der Waals surface area contributed by atoms with Crippen LogP contribution < -0.4 is 10.1 Å². The largest absolute Gasteiger partial charge is 0.497 e. The monoisotopic (exact) mass is 418 g/mol. The molecule has 4 rings (SSSR count). The molecule has 1 heterocycles. The van der Waals surface area contributed by atoms with Crippen LogP contribution in [-0.4, -0.2) is 18.0 Å². The topological polar surface area (TPSA) is 51.2 Å². The number of benzene rings is 2. The van der Waals surface area contributed by atoms with E-state index in [4.69, 9.17) is 27.9 Å².